The van der Waals surface area contributed by atoms with Gasteiger partial charge in [-0.3, -0.25) is 4.98 Å². The summed E-state index contributed by atoms with van der Waals surface area (Å²) in [5.41, 5.74) is 0.943. The third-order valence-electron chi connectivity index (χ3n) is 2.78. The molecule has 100 valence electrons. The molecule has 1 N–H and O–H groups in total. The number of hydrogen-bond acceptors (Lipinski definition) is 4. The molecule has 0 saturated carbocycles. The smallest absolute Gasteiger partial charge is 0.126 e. The van der Waals surface area contributed by atoms with E-state index in [1.807, 2.05) is 0 Å². The van der Waals surface area contributed by atoms with Gasteiger partial charge in [0.25, 0.3) is 0 Å². The number of aromatic nitrogens is 1. The normalized spacial score (nSPS) is 12.0. The number of aliphatic hydroxyl groups excluding tert-OH is 1. The summed E-state index contributed by atoms with van der Waals surface area (Å²) in [5, 5.41) is 10.8. The Morgan fingerprint density at radius 2 is 2.00 bits per heavy atom. The van der Waals surface area contributed by atoms with Gasteiger partial charge in [-0.2, -0.15) is 0 Å². The van der Waals surface area contributed by atoms with E-state index in [1.165, 1.54) is 7.11 Å². The fraction of sp³-hybridized carbons (Fsp3) is 0.214. The Kier molecular flexibility index (Phi) is 4.24. The molecule has 2 rings (SSSR count). The molecule has 19 heavy (non-hydrogen) atoms. The highest BCUT2D eigenvalue weighted by atomic mass is 35.5. The summed E-state index contributed by atoms with van der Waals surface area (Å²) in [6, 6.07) is 8.58. The zero-order valence-electron chi connectivity index (χ0n) is 10.6. The summed E-state index contributed by atoms with van der Waals surface area (Å²) in [6.07, 6.45) is 0.607. The summed E-state index contributed by atoms with van der Waals surface area (Å²) in [7, 11) is 3.10. The third kappa shape index (κ3) is 2.80. The van der Waals surface area contributed by atoms with Crippen LogP contribution in [0.3, 0.4) is 0 Å². The number of halogens is 1. The maximum atomic E-state index is 10.4. The molecule has 0 saturated heterocycles. The van der Waals surface area contributed by atoms with Crippen LogP contribution in [0.2, 0.25) is 5.02 Å². The summed E-state index contributed by atoms with van der Waals surface area (Å²) < 4.78 is 10.4. The van der Waals surface area contributed by atoms with E-state index in [2.05, 4.69) is 4.98 Å². The first kappa shape index (κ1) is 13.6. The van der Waals surface area contributed by atoms with Crippen LogP contribution in [0, 0.1) is 0 Å². The zero-order chi connectivity index (χ0) is 13.8. The van der Waals surface area contributed by atoms with E-state index in [1.54, 1.807) is 43.6 Å². The molecule has 0 amide bonds. The van der Waals surface area contributed by atoms with Crippen LogP contribution in [-0.4, -0.2) is 24.3 Å². The number of ether oxygens (including phenoxy) is 2. The van der Waals surface area contributed by atoms with Crippen molar-refractivity contribution in [1.29, 1.82) is 0 Å². The summed E-state index contributed by atoms with van der Waals surface area (Å²) in [4.78, 5) is 4.11. The van der Waals surface area contributed by atoms with Gasteiger partial charge in [-0.05, 0) is 30.3 Å². The number of hydrogen-bond donors (Lipinski definition) is 1. The minimum absolute atomic E-state index is 0.385. The lowest BCUT2D eigenvalue weighted by Gasteiger charge is -2.16. The fourth-order valence-electron chi connectivity index (χ4n) is 1.80. The zero-order valence-corrected chi connectivity index (χ0v) is 11.4. The first-order chi connectivity index (χ1) is 9.17. The van der Waals surface area contributed by atoms with Crippen LogP contribution in [0.1, 0.15) is 17.4 Å². The average Bonchev–Trinajstić information content (AvgIpc) is 2.46. The van der Waals surface area contributed by atoms with Gasteiger partial charge < -0.3 is 14.6 Å². The number of rotatable bonds is 4. The van der Waals surface area contributed by atoms with E-state index in [-0.39, 0.29) is 0 Å². The number of aliphatic hydroxyl groups is 1. The van der Waals surface area contributed by atoms with Gasteiger partial charge in [0, 0.05) is 11.8 Å². The predicted octanol–water partition coefficient (Wildman–Crippen LogP) is 2.83. The Morgan fingerprint density at radius 1 is 1.21 bits per heavy atom. The Morgan fingerprint density at radius 3 is 2.63 bits per heavy atom. The highest BCUT2D eigenvalue weighted by molar-refractivity contribution is 6.31. The number of methoxy groups -OCH3 is 2. The van der Waals surface area contributed by atoms with Gasteiger partial charge in [0.1, 0.15) is 17.6 Å². The Bertz CT molecular complexity index is 574. The Labute approximate surface area is 116 Å². The molecule has 1 aromatic carbocycles. The van der Waals surface area contributed by atoms with Gasteiger partial charge in [0.15, 0.2) is 0 Å². The first-order valence-electron chi connectivity index (χ1n) is 5.67. The van der Waals surface area contributed by atoms with E-state index >= 15 is 0 Å². The quantitative estimate of drug-likeness (QED) is 0.935. The van der Waals surface area contributed by atoms with E-state index in [9.17, 15) is 5.11 Å². The third-order valence-corrected chi connectivity index (χ3v) is 3.10. The molecular formula is C14H14ClNO3. The van der Waals surface area contributed by atoms with Crippen molar-refractivity contribution >= 4 is 11.6 Å². The molecule has 0 aliphatic rings. The number of nitrogens with zero attached hydrogens (tertiary/aromatic N) is 1. The van der Waals surface area contributed by atoms with Gasteiger partial charge >= 0.3 is 0 Å². The molecule has 0 bridgehead atoms. The van der Waals surface area contributed by atoms with Crippen LogP contribution < -0.4 is 9.47 Å². The molecule has 1 atom stereocenters. The van der Waals surface area contributed by atoms with Gasteiger partial charge in [-0.25, -0.2) is 0 Å². The van der Waals surface area contributed by atoms with Crippen molar-refractivity contribution in [2.45, 2.75) is 6.10 Å². The molecule has 1 unspecified atom stereocenters. The lowest BCUT2D eigenvalue weighted by Crippen LogP contribution is -2.05. The SMILES string of the molecule is COc1ccc(OC)c(C(O)c2ncccc2Cl)c1. The molecule has 1 aromatic heterocycles. The van der Waals surface area contributed by atoms with Crippen LogP contribution in [0.5, 0.6) is 11.5 Å². The Hall–Kier alpha value is -1.78. The lowest BCUT2D eigenvalue weighted by molar-refractivity contribution is 0.209. The van der Waals surface area contributed by atoms with Crippen molar-refractivity contribution in [3.05, 3.63) is 52.8 Å². The average molecular weight is 280 g/mol. The standard InChI is InChI=1S/C14H14ClNO3/c1-18-9-5-6-12(19-2)10(8-9)14(17)13-11(15)4-3-7-16-13/h3-8,14,17H,1-2H3. The number of benzene rings is 1. The van der Waals surface area contributed by atoms with Gasteiger partial charge in [0.05, 0.1) is 24.9 Å². The van der Waals surface area contributed by atoms with Crippen LogP contribution in [-0.2, 0) is 0 Å². The second-order valence-corrected chi connectivity index (χ2v) is 4.29. The molecule has 0 fully saturated rings. The minimum atomic E-state index is -0.973. The predicted molar refractivity (Wildman–Crippen MR) is 72.9 cm³/mol. The fourth-order valence-corrected chi connectivity index (χ4v) is 2.02. The van der Waals surface area contributed by atoms with Gasteiger partial charge in [-0.15, -0.1) is 0 Å². The molecule has 0 aliphatic heterocycles. The van der Waals surface area contributed by atoms with Crippen molar-refractivity contribution in [3.63, 3.8) is 0 Å². The molecule has 4 nitrogen and oxygen atoms in total. The second kappa shape index (κ2) is 5.91. The van der Waals surface area contributed by atoms with Crippen LogP contribution in [0.25, 0.3) is 0 Å². The maximum absolute atomic E-state index is 10.4. The van der Waals surface area contributed by atoms with Gasteiger partial charge in [0.2, 0.25) is 0 Å². The molecule has 1 heterocycles. The molecule has 0 radical (unpaired) electrons. The van der Waals surface area contributed by atoms with E-state index < -0.39 is 6.10 Å². The molecule has 2 aromatic rings. The van der Waals surface area contributed by atoms with E-state index in [4.69, 9.17) is 21.1 Å². The first-order valence-corrected chi connectivity index (χ1v) is 6.05. The van der Waals surface area contributed by atoms with Gasteiger partial charge in [-0.1, -0.05) is 11.6 Å². The second-order valence-electron chi connectivity index (χ2n) is 3.88. The van der Waals surface area contributed by atoms with Crippen molar-refractivity contribution in [3.8, 4) is 11.5 Å². The van der Waals surface area contributed by atoms with Crippen molar-refractivity contribution < 1.29 is 14.6 Å². The summed E-state index contributed by atoms with van der Waals surface area (Å²) in [5.74, 6) is 1.18. The largest absolute Gasteiger partial charge is 0.497 e. The summed E-state index contributed by atoms with van der Waals surface area (Å²) in [6.45, 7) is 0. The van der Waals surface area contributed by atoms with Crippen molar-refractivity contribution in [1.82, 2.24) is 4.98 Å². The van der Waals surface area contributed by atoms with Crippen molar-refractivity contribution in [2.75, 3.05) is 14.2 Å². The van der Waals surface area contributed by atoms with Crippen LogP contribution in [0.4, 0.5) is 0 Å². The van der Waals surface area contributed by atoms with E-state index in [0.29, 0.717) is 27.8 Å². The lowest BCUT2D eigenvalue weighted by atomic mass is 10.0. The molecule has 0 aliphatic carbocycles. The topological polar surface area (TPSA) is 51.6 Å². The Balaban J connectivity index is 2.48. The number of pyridine rings is 1. The van der Waals surface area contributed by atoms with Crippen LogP contribution >= 0.6 is 11.6 Å². The maximum Gasteiger partial charge on any atom is 0.126 e. The molecule has 0 spiro atoms. The molecule has 5 heteroatoms. The monoisotopic (exact) mass is 279 g/mol. The van der Waals surface area contributed by atoms with E-state index in [0.717, 1.165) is 0 Å². The highest BCUT2D eigenvalue weighted by Crippen LogP contribution is 2.34. The molecular weight excluding hydrogens is 266 g/mol. The van der Waals surface area contributed by atoms with Crippen LogP contribution in [0.15, 0.2) is 36.5 Å². The highest BCUT2D eigenvalue weighted by Gasteiger charge is 2.20. The minimum Gasteiger partial charge on any atom is -0.497 e. The summed E-state index contributed by atoms with van der Waals surface area (Å²) >= 11 is 6.04. The van der Waals surface area contributed by atoms with Crippen molar-refractivity contribution in [2.24, 2.45) is 0 Å².